The van der Waals surface area contributed by atoms with E-state index in [-0.39, 0.29) is 20.0 Å². The second-order valence-corrected chi connectivity index (χ2v) is 2.20. The molecule has 1 rings (SSSR count). The number of Topliss-reactive ketones (excluding diaryl/α,β-unsaturated/α-hetero) is 1. The van der Waals surface area contributed by atoms with E-state index in [1.165, 1.54) is 0 Å². The molecule has 1 aliphatic heterocycles. The zero-order valence-electron chi connectivity index (χ0n) is 5.90. The first-order chi connectivity index (χ1) is 5.29. The largest absolute Gasteiger partial charge is 0.393 e. The number of ketones is 1. The van der Waals surface area contributed by atoms with Crippen LogP contribution in [-0.4, -0.2) is 48.2 Å². The van der Waals surface area contributed by atoms with Gasteiger partial charge < -0.3 is 19.7 Å². The average Bonchev–Trinajstić information content (AvgIpc) is 2.05. The van der Waals surface area contributed by atoms with Crippen LogP contribution in [0.5, 0.6) is 0 Å². The van der Waals surface area contributed by atoms with Crippen LogP contribution < -0.4 is 0 Å². The zero-order chi connectivity index (χ0) is 8.27. The van der Waals surface area contributed by atoms with E-state index >= 15 is 0 Å². The van der Waals surface area contributed by atoms with Crippen LogP contribution in [0.3, 0.4) is 0 Å². The lowest BCUT2D eigenvalue weighted by Crippen LogP contribution is -2.45. The van der Waals surface area contributed by atoms with Gasteiger partial charge in [-0.25, -0.2) is 0 Å². The Morgan fingerprint density at radius 1 is 1.27 bits per heavy atom. The van der Waals surface area contributed by atoms with Crippen LogP contribution in [0, 0.1) is 0 Å². The van der Waals surface area contributed by atoms with Crippen molar-refractivity contribution >= 4 is 5.78 Å². The quantitative estimate of drug-likeness (QED) is 0.505. The Balaban J connectivity index is 2.52. The van der Waals surface area contributed by atoms with E-state index < -0.39 is 18.0 Å². The van der Waals surface area contributed by atoms with E-state index in [4.69, 9.17) is 19.7 Å². The molecule has 0 aromatic rings. The first kappa shape index (κ1) is 8.61. The third-order valence-corrected chi connectivity index (χ3v) is 1.50. The summed E-state index contributed by atoms with van der Waals surface area (Å²) in [5.41, 5.74) is 0. The minimum atomic E-state index is -0.833. The number of carbonyl (C=O) groups excluding carboxylic acids is 1. The van der Waals surface area contributed by atoms with Crippen molar-refractivity contribution in [2.75, 3.05) is 20.0 Å². The van der Waals surface area contributed by atoms with E-state index in [1.807, 2.05) is 0 Å². The van der Waals surface area contributed by atoms with Gasteiger partial charge >= 0.3 is 0 Å². The summed E-state index contributed by atoms with van der Waals surface area (Å²) in [7, 11) is 0. The van der Waals surface area contributed by atoms with Crippen LogP contribution in [0.1, 0.15) is 0 Å². The SMILES string of the molecule is O=C1[C@H](CO)OCO[C@@H]1CO. The molecule has 0 radical (unpaired) electrons. The molecule has 0 aromatic carbocycles. The Hall–Kier alpha value is -0.490. The van der Waals surface area contributed by atoms with Gasteiger partial charge in [-0.2, -0.15) is 0 Å². The minimum Gasteiger partial charge on any atom is -0.393 e. The van der Waals surface area contributed by atoms with E-state index in [0.717, 1.165) is 0 Å². The van der Waals surface area contributed by atoms with E-state index in [9.17, 15) is 4.79 Å². The topological polar surface area (TPSA) is 76.0 Å². The van der Waals surface area contributed by atoms with Crippen molar-refractivity contribution in [1.29, 1.82) is 0 Å². The van der Waals surface area contributed by atoms with Crippen molar-refractivity contribution < 1.29 is 24.5 Å². The van der Waals surface area contributed by atoms with Crippen molar-refractivity contribution in [2.24, 2.45) is 0 Å². The smallest absolute Gasteiger partial charge is 0.195 e. The molecule has 11 heavy (non-hydrogen) atoms. The molecule has 0 unspecified atom stereocenters. The fourth-order valence-corrected chi connectivity index (χ4v) is 0.861. The summed E-state index contributed by atoms with van der Waals surface area (Å²) in [4.78, 5) is 11.0. The lowest BCUT2D eigenvalue weighted by Gasteiger charge is -2.25. The highest BCUT2D eigenvalue weighted by Crippen LogP contribution is 2.08. The van der Waals surface area contributed by atoms with Crippen LogP contribution in [-0.2, 0) is 14.3 Å². The van der Waals surface area contributed by atoms with Gasteiger partial charge in [-0.15, -0.1) is 0 Å². The summed E-state index contributed by atoms with van der Waals surface area (Å²) in [5.74, 6) is -0.402. The molecular weight excluding hydrogens is 152 g/mol. The molecule has 0 spiro atoms. The summed E-state index contributed by atoms with van der Waals surface area (Å²) >= 11 is 0. The minimum absolute atomic E-state index is 0.0534. The van der Waals surface area contributed by atoms with Gasteiger partial charge in [-0.1, -0.05) is 0 Å². The van der Waals surface area contributed by atoms with Crippen molar-refractivity contribution in [3.05, 3.63) is 0 Å². The highest BCUT2D eigenvalue weighted by Gasteiger charge is 2.31. The monoisotopic (exact) mass is 162 g/mol. The first-order valence-electron chi connectivity index (χ1n) is 3.28. The summed E-state index contributed by atoms with van der Waals surface area (Å²) < 4.78 is 9.48. The molecule has 5 heteroatoms. The van der Waals surface area contributed by atoms with Crippen molar-refractivity contribution in [2.45, 2.75) is 12.2 Å². The molecule has 1 heterocycles. The van der Waals surface area contributed by atoms with E-state index in [0.29, 0.717) is 0 Å². The molecule has 0 aromatic heterocycles. The fourth-order valence-electron chi connectivity index (χ4n) is 0.861. The summed E-state index contributed by atoms with van der Waals surface area (Å²) in [6, 6.07) is 0. The Kier molecular flexibility index (Phi) is 2.95. The van der Waals surface area contributed by atoms with E-state index in [1.54, 1.807) is 0 Å². The normalized spacial score (nSPS) is 32.4. The summed E-state index contributed by atoms with van der Waals surface area (Å²) in [6.45, 7) is -0.778. The number of hydrogen-bond donors (Lipinski definition) is 2. The molecule has 2 N–H and O–H groups in total. The van der Waals surface area contributed by atoms with Gasteiger partial charge in [0.05, 0.1) is 13.2 Å². The molecule has 1 aliphatic rings. The number of carbonyl (C=O) groups is 1. The van der Waals surface area contributed by atoms with Crippen molar-refractivity contribution in [1.82, 2.24) is 0 Å². The standard InChI is InChI=1S/C6H10O5/c7-1-4-6(9)5(2-8)11-3-10-4/h4-5,7-8H,1-3H2/t4-,5+. The third kappa shape index (κ3) is 1.75. The van der Waals surface area contributed by atoms with Gasteiger partial charge in [0.15, 0.2) is 5.78 Å². The number of aliphatic hydroxyl groups is 2. The fraction of sp³-hybridized carbons (Fsp3) is 0.833. The average molecular weight is 162 g/mol. The van der Waals surface area contributed by atoms with Crippen LogP contribution >= 0.6 is 0 Å². The van der Waals surface area contributed by atoms with Gasteiger partial charge in [0.1, 0.15) is 19.0 Å². The Morgan fingerprint density at radius 3 is 2.09 bits per heavy atom. The molecule has 0 bridgehead atoms. The first-order valence-corrected chi connectivity index (χ1v) is 3.28. The predicted molar refractivity (Wildman–Crippen MR) is 33.8 cm³/mol. The van der Waals surface area contributed by atoms with Crippen molar-refractivity contribution in [3.63, 3.8) is 0 Å². The Labute approximate surface area is 63.5 Å². The third-order valence-electron chi connectivity index (χ3n) is 1.50. The van der Waals surface area contributed by atoms with Gasteiger partial charge in [-0.05, 0) is 0 Å². The van der Waals surface area contributed by atoms with Gasteiger partial charge in [-0.3, -0.25) is 4.79 Å². The molecule has 1 saturated heterocycles. The van der Waals surface area contributed by atoms with Gasteiger partial charge in [0.2, 0.25) is 0 Å². The molecule has 0 saturated carbocycles. The molecule has 0 aliphatic carbocycles. The number of ether oxygens (including phenoxy) is 2. The number of rotatable bonds is 2. The molecule has 2 atom stereocenters. The highest BCUT2D eigenvalue weighted by atomic mass is 16.7. The Morgan fingerprint density at radius 2 is 1.73 bits per heavy atom. The summed E-state index contributed by atoms with van der Waals surface area (Å²) in [6.07, 6.45) is -1.67. The highest BCUT2D eigenvalue weighted by molar-refractivity contribution is 5.88. The molecule has 64 valence electrons. The van der Waals surface area contributed by atoms with E-state index in [2.05, 4.69) is 0 Å². The van der Waals surface area contributed by atoms with Crippen LogP contribution in [0.15, 0.2) is 0 Å². The molecule has 1 fully saturated rings. The Bertz CT molecular complexity index is 132. The zero-order valence-corrected chi connectivity index (χ0v) is 5.90. The second kappa shape index (κ2) is 3.77. The number of aliphatic hydroxyl groups excluding tert-OH is 2. The maximum atomic E-state index is 11.0. The molecular formula is C6H10O5. The second-order valence-electron chi connectivity index (χ2n) is 2.20. The number of hydrogen-bond acceptors (Lipinski definition) is 5. The van der Waals surface area contributed by atoms with Crippen molar-refractivity contribution in [3.8, 4) is 0 Å². The van der Waals surface area contributed by atoms with Gasteiger partial charge in [0, 0.05) is 0 Å². The van der Waals surface area contributed by atoms with Crippen LogP contribution in [0.4, 0.5) is 0 Å². The van der Waals surface area contributed by atoms with Gasteiger partial charge in [0.25, 0.3) is 0 Å². The lowest BCUT2D eigenvalue weighted by molar-refractivity contribution is -0.195. The molecule has 5 nitrogen and oxygen atoms in total. The maximum Gasteiger partial charge on any atom is 0.195 e. The van der Waals surface area contributed by atoms with Crippen LogP contribution in [0.2, 0.25) is 0 Å². The lowest BCUT2D eigenvalue weighted by atomic mass is 10.1. The molecule has 0 amide bonds. The predicted octanol–water partition coefficient (Wildman–Crippen LogP) is -1.72. The maximum absolute atomic E-state index is 11.0. The van der Waals surface area contributed by atoms with Crippen LogP contribution in [0.25, 0.3) is 0 Å². The summed E-state index contributed by atoms with van der Waals surface area (Å²) in [5, 5.41) is 17.2.